The molecule has 84 valence electrons. The van der Waals surface area contributed by atoms with Gasteiger partial charge in [-0.3, -0.25) is 4.98 Å². The predicted octanol–water partition coefficient (Wildman–Crippen LogP) is 3.10. The van der Waals surface area contributed by atoms with E-state index in [-0.39, 0.29) is 0 Å². The van der Waals surface area contributed by atoms with Crippen LogP contribution in [0.25, 0.3) is 21.7 Å². The van der Waals surface area contributed by atoms with Gasteiger partial charge in [0.25, 0.3) is 0 Å². The summed E-state index contributed by atoms with van der Waals surface area (Å²) in [6, 6.07) is 5.62. The molecule has 3 aromatic rings. The third kappa shape index (κ3) is 1.79. The molecule has 0 spiro atoms. The summed E-state index contributed by atoms with van der Waals surface area (Å²) < 4.78 is 0.933. The zero-order valence-corrected chi connectivity index (χ0v) is 11.0. The molecule has 0 saturated carbocycles. The highest BCUT2D eigenvalue weighted by molar-refractivity contribution is 9.10. The highest BCUT2D eigenvalue weighted by Gasteiger charge is 2.11. The first-order chi connectivity index (χ1) is 8.25. The number of aromatic nitrogens is 3. The molecule has 6 heteroatoms. The fourth-order valence-electron chi connectivity index (χ4n) is 1.54. The summed E-state index contributed by atoms with van der Waals surface area (Å²) in [4.78, 5) is 13.8. The molecule has 0 fully saturated rings. The van der Waals surface area contributed by atoms with E-state index in [4.69, 9.17) is 5.73 Å². The summed E-state index contributed by atoms with van der Waals surface area (Å²) in [6.07, 6.45) is 1.71. The molecule has 3 rings (SSSR count). The lowest BCUT2D eigenvalue weighted by Gasteiger charge is -2.01. The number of rotatable bonds is 1. The van der Waals surface area contributed by atoms with Gasteiger partial charge in [-0.05, 0) is 28.1 Å². The monoisotopic (exact) mass is 306 g/mol. The van der Waals surface area contributed by atoms with E-state index < -0.39 is 0 Å². The van der Waals surface area contributed by atoms with Crippen LogP contribution in [0.1, 0.15) is 0 Å². The van der Waals surface area contributed by atoms with E-state index in [2.05, 4.69) is 30.9 Å². The van der Waals surface area contributed by atoms with Crippen LogP contribution in [-0.2, 0) is 0 Å². The number of nitrogen functional groups attached to an aromatic ring is 1. The molecule has 0 aromatic carbocycles. The molecule has 0 aliphatic heterocycles. The van der Waals surface area contributed by atoms with E-state index in [1.54, 1.807) is 6.20 Å². The van der Waals surface area contributed by atoms with Crippen LogP contribution in [0.4, 0.5) is 5.82 Å². The van der Waals surface area contributed by atoms with Gasteiger partial charge in [-0.15, -0.1) is 11.3 Å². The third-order valence-corrected chi connectivity index (χ3v) is 4.11. The Labute approximate surface area is 110 Å². The van der Waals surface area contributed by atoms with Crippen molar-refractivity contribution in [3.63, 3.8) is 0 Å². The van der Waals surface area contributed by atoms with E-state index in [9.17, 15) is 0 Å². The SMILES string of the molecule is Nc1nc(-c2ccccn2)nc2scc(Br)c12. The maximum absolute atomic E-state index is 5.94. The number of nitrogens with zero attached hydrogens (tertiary/aromatic N) is 3. The number of nitrogens with two attached hydrogens (primary N) is 1. The van der Waals surface area contributed by atoms with Gasteiger partial charge in [-0.1, -0.05) is 6.07 Å². The molecular weight excluding hydrogens is 300 g/mol. The number of fused-ring (bicyclic) bond motifs is 1. The lowest BCUT2D eigenvalue weighted by atomic mass is 10.3. The third-order valence-electron chi connectivity index (χ3n) is 2.31. The van der Waals surface area contributed by atoms with Crippen molar-refractivity contribution in [2.45, 2.75) is 0 Å². The van der Waals surface area contributed by atoms with Crippen molar-refractivity contribution in [2.24, 2.45) is 0 Å². The number of anilines is 1. The molecule has 0 bridgehead atoms. The van der Waals surface area contributed by atoms with E-state index in [1.807, 2.05) is 23.6 Å². The Hall–Kier alpha value is -1.53. The Bertz CT molecular complexity index is 681. The van der Waals surface area contributed by atoms with Crippen molar-refractivity contribution in [3.05, 3.63) is 34.2 Å². The smallest absolute Gasteiger partial charge is 0.181 e. The summed E-state index contributed by atoms with van der Waals surface area (Å²) >= 11 is 4.96. The number of hydrogen-bond acceptors (Lipinski definition) is 5. The minimum Gasteiger partial charge on any atom is -0.383 e. The number of thiophene rings is 1. The van der Waals surface area contributed by atoms with E-state index in [0.717, 1.165) is 20.4 Å². The first-order valence-corrected chi connectivity index (χ1v) is 6.54. The fourth-order valence-corrected chi connectivity index (χ4v) is 3.15. The summed E-state index contributed by atoms with van der Waals surface area (Å²) in [7, 11) is 0. The van der Waals surface area contributed by atoms with Crippen LogP contribution in [0, 0.1) is 0 Å². The van der Waals surface area contributed by atoms with Gasteiger partial charge in [-0.2, -0.15) is 0 Å². The van der Waals surface area contributed by atoms with Crippen LogP contribution < -0.4 is 5.73 Å². The molecule has 0 saturated heterocycles. The van der Waals surface area contributed by atoms with Crippen LogP contribution in [0.3, 0.4) is 0 Å². The Kier molecular flexibility index (Phi) is 2.53. The standard InChI is InChI=1S/C11H7BrN4S/c12-6-5-17-11-8(6)9(13)15-10(16-11)7-3-1-2-4-14-7/h1-5H,(H2,13,15,16). The van der Waals surface area contributed by atoms with E-state index in [1.165, 1.54) is 11.3 Å². The van der Waals surface area contributed by atoms with Gasteiger partial charge < -0.3 is 5.73 Å². The normalized spacial score (nSPS) is 10.9. The second kappa shape index (κ2) is 4.05. The Balaban J connectivity index is 2.26. The summed E-state index contributed by atoms with van der Waals surface area (Å²) in [5.41, 5.74) is 6.66. The van der Waals surface area contributed by atoms with Crippen LogP contribution in [0.5, 0.6) is 0 Å². The maximum atomic E-state index is 5.94. The quantitative estimate of drug-likeness (QED) is 0.750. The summed E-state index contributed by atoms with van der Waals surface area (Å²) in [6.45, 7) is 0. The number of pyridine rings is 1. The predicted molar refractivity (Wildman–Crippen MR) is 72.8 cm³/mol. The molecule has 0 radical (unpaired) electrons. The number of halogens is 1. The van der Waals surface area contributed by atoms with Gasteiger partial charge in [0.05, 0.1) is 5.39 Å². The van der Waals surface area contributed by atoms with Crippen molar-refractivity contribution in [1.82, 2.24) is 15.0 Å². The molecular formula is C11H7BrN4S. The molecule has 0 aliphatic rings. The van der Waals surface area contributed by atoms with E-state index >= 15 is 0 Å². The van der Waals surface area contributed by atoms with Gasteiger partial charge in [0.15, 0.2) is 5.82 Å². The molecule has 0 atom stereocenters. The van der Waals surface area contributed by atoms with Gasteiger partial charge in [0.1, 0.15) is 16.3 Å². The minimum absolute atomic E-state index is 0.476. The van der Waals surface area contributed by atoms with Crippen LogP contribution in [-0.4, -0.2) is 15.0 Å². The van der Waals surface area contributed by atoms with Crippen LogP contribution >= 0.6 is 27.3 Å². The average Bonchev–Trinajstić information content (AvgIpc) is 2.73. The lowest BCUT2D eigenvalue weighted by Crippen LogP contribution is -1.97. The summed E-state index contributed by atoms with van der Waals surface area (Å²) in [5, 5.41) is 2.83. The first-order valence-electron chi connectivity index (χ1n) is 4.87. The van der Waals surface area contributed by atoms with Gasteiger partial charge >= 0.3 is 0 Å². The van der Waals surface area contributed by atoms with Gasteiger partial charge in [-0.25, -0.2) is 9.97 Å². The highest BCUT2D eigenvalue weighted by atomic mass is 79.9. The molecule has 0 aliphatic carbocycles. The topological polar surface area (TPSA) is 64.7 Å². The molecule has 0 amide bonds. The van der Waals surface area contributed by atoms with Gasteiger partial charge in [0.2, 0.25) is 0 Å². The molecule has 17 heavy (non-hydrogen) atoms. The molecule has 3 heterocycles. The largest absolute Gasteiger partial charge is 0.383 e. The molecule has 3 aromatic heterocycles. The maximum Gasteiger partial charge on any atom is 0.181 e. The average molecular weight is 307 g/mol. The van der Waals surface area contributed by atoms with Crippen molar-refractivity contribution in [1.29, 1.82) is 0 Å². The second-order valence-corrected chi connectivity index (χ2v) is 5.12. The fraction of sp³-hybridized carbons (Fsp3) is 0. The lowest BCUT2D eigenvalue weighted by molar-refractivity contribution is 1.19. The highest BCUT2D eigenvalue weighted by Crippen LogP contribution is 2.33. The molecule has 4 nitrogen and oxygen atoms in total. The van der Waals surface area contributed by atoms with E-state index in [0.29, 0.717) is 11.6 Å². The van der Waals surface area contributed by atoms with Crippen LogP contribution in [0.2, 0.25) is 0 Å². The van der Waals surface area contributed by atoms with Gasteiger partial charge in [0, 0.05) is 16.0 Å². The zero-order valence-electron chi connectivity index (χ0n) is 8.59. The van der Waals surface area contributed by atoms with Crippen molar-refractivity contribution in [3.8, 4) is 11.5 Å². The molecule has 2 N–H and O–H groups in total. The van der Waals surface area contributed by atoms with Crippen molar-refractivity contribution >= 4 is 43.3 Å². The first kappa shape index (κ1) is 10.6. The second-order valence-electron chi connectivity index (χ2n) is 3.41. The Morgan fingerprint density at radius 3 is 2.88 bits per heavy atom. The molecule has 0 unspecified atom stereocenters. The van der Waals surface area contributed by atoms with Crippen molar-refractivity contribution < 1.29 is 0 Å². The van der Waals surface area contributed by atoms with Crippen LogP contribution in [0.15, 0.2) is 34.2 Å². The Morgan fingerprint density at radius 2 is 2.12 bits per heavy atom. The minimum atomic E-state index is 0.476. The van der Waals surface area contributed by atoms with Crippen molar-refractivity contribution in [2.75, 3.05) is 5.73 Å². The Morgan fingerprint density at radius 1 is 1.24 bits per heavy atom. The zero-order chi connectivity index (χ0) is 11.8. The summed E-state index contributed by atoms with van der Waals surface area (Å²) in [5.74, 6) is 1.04. The number of hydrogen-bond donors (Lipinski definition) is 1.